The van der Waals surface area contributed by atoms with Crippen LogP contribution < -0.4 is 0 Å². The Morgan fingerprint density at radius 1 is 0.962 bits per heavy atom. The molecule has 0 fully saturated rings. The zero-order valence-corrected chi connectivity index (χ0v) is 16.3. The standard InChI is InChI=1S/C20H22Cl2N4/c1-25(13-11-16-9-10-18(21)19(22)14-16)12-5-8-20-24-23-15-26(20)17-6-3-2-4-7-17/h2-4,6-7,9-10,14-15H,5,8,11-13H2,1H3. The van der Waals surface area contributed by atoms with Crippen LogP contribution in [0.5, 0.6) is 0 Å². The molecule has 0 spiro atoms. The van der Waals surface area contributed by atoms with Gasteiger partial charge in [0.1, 0.15) is 12.2 Å². The molecule has 1 heterocycles. The SMILES string of the molecule is CN(CCCc1nncn1-c1ccccc1)CCc1ccc(Cl)c(Cl)c1. The fourth-order valence-corrected chi connectivity index (χ4v) is 3.19. The molecular formula is C20H22Cl2N4. The van der Waals surface area contributed by atoms with E-state index in [0.717, 1.165) is 43.9 Å². The highest BCUT2D eigenvalue weighted by molar-refractivity contribution is 6.42. The first-order valence-electron chi connectivity index (χ1n) is 8.70. The van der Waals surface area contributed by atoms with Crippen LogP contribution in [0.15, 0.2) is 54.9 Å². The summed E-state index contributed by atoms with van der Waals surface area (Å²) in [6.45, 7) is 1.98. The average molecular weight is 389 g/mol. The van der Waals surface area contributed by atoms with Crippen molar-refractivity contribution < 1.29 is 0 Å². The summed E-state index contributed by atoms with van der Waals surface area (Å²) in [7, 11) is 2.14. The number of nitrogens with zero attached hydrogens (tertiary/aromatic N) is 4. The Morgan fingerprint density at radius 3 is 2.54 bits per heavy atom. The number of hydrogen-bond donors (Lipinski definition) is 0. The van der Waals surface area contributed by atoms with Crippen molar-refractivity contribution in [2.75, 3.05) is 20.1 Å². The maximum atomic E-state index is 6.07. The van der Waals surface area contributed by atoms with Crippen molar-refractivity contribution in [2.24, 2.45) is 0 Å². The maximum Gasteiger partial charge on any atom is 0.137 e. The zero-order chi connectivity index (χ0) is 18.4. The van der Waals surface area contributed by atoms with Crippen molar-refractivity contribution in [3.8, 4) is 5.69 Å². The molecule has 0 aliphatic rings. The van der Waals surface area contributed by atoms with Gasteiger partial charge in [-0.15, -0.1) is 10.2 Å². The van der Waals surface area contributed by atoms with Gasteiger partial charge in [0.2, 0.25) is 0 Å². The smallest absolute Gasteiger partial charge is 0.137 e. The van der Waals surface area contributed by atoms with Crippen LogP contribution in [0, 0.1) is 0 Å². The van der Waals surface area contributed by atoms with E-state index in [-0.39, 0.29) is 0 Å². The monoisotopic (exact) mass is 388 g/mol. The molecule has 3 rings (SSSR count). The number of aryl methyl sites for hydroxylation is 1. The van der Waals surface area contributed by atoms with E-state index in [1.165, 1.54) is 5.56 Å². The van der Waals surface area contributed by atoms with E-state index in [1.54, 1.807) is 6.33 Å². The summed E-state index contributed by atoms with van der Waals surface area (Å²) in [4.78, 5) is 2.33. The van der Waals surface area contributed by atoms with Crippen LogP contribution in [0.3, 0.4) is 0 Å². The molecule has 0 saturated carbocycles. The summed E-state index contributed by atoms with van der Waals surface area (Å²) in [5, 5.41) is 9.55. The molecule has 0 atom stereocenters. The molecule has 0 radical (unpaired) electrons. The van der Waals surface area contributed by atoms with E-state index in [2.05, 4.69) is 38.8 Å². The fourth-order valence-electron chi connectivity index (χ4n) is 2.87. The van der Waals surface area contributed by atoms with Gasteiger partial charge in [0, 0.05) is 18.7 Å². The fraction of sp³-hybridized carbons (Fsp3) is 0.300. The summed E-state index contributed by atoms with van der Waals surface area (Å²) in [5.74, 6) is 0.995. The Hall–Kier alpha value is -1.88. The van der Waals surface area contributed by atoms with Gasteiger partial charge >= 0.3 is 0 Å². The third-order valence-electron chi connectivity index (χ3n) is 4.36. The van der Waals surface area contributed by atoms with Gasteiger partial charge in [0.15, 0.2) is 0 Å². The van der Waals surface area contributed by atoms with Crippen molar-refractivity contribution in [3.63, 3.8) is 0 Å². The molecule has 0 saturated heterocycles. The van der Waals surface area contributed by atoms with E-state index in [9.17, 15) is 0 Å². The lowest BCUT2D eigenvalue weighted by Crippen LogP contribution is -2.23. The van der Waals surface area contributed by atoms with Crippen molar-refractivity contribution in [3.05, 3.63) is 76.3 Å². The molecule has 4 nitrogen and oxygen atoms in total. The number of rotatable bonds is 8. The van der Waals surface area contributed by atoms with Gasteiger partial charge in [0.05, 0.1) is 10.0 Å². The third kappa shape index (κ3) is 5.07. The number of aromatic nitrogens is 3. The second-order valence-electron chi connectivity index (χ2n) is 6.36. The highest BCUT2D eigenvalue weighted by Gasteiger charge is 2.07. The number of likely N-dealkylation sites (N-methyl/N-ethyl adjacent to an activating group) is 1. The van der Waals surface area contributed by atoms with Crippen LogP contribution in [0.25, 0.3) is 5.69 Å². The van der Waals surface area contributed by atoms with E-state index in [1.807, 2.05) is 36.4 Å². The highest BCUT2D eigenvalue weighted by Crippen LogP contribution is 2.22. The van der Waals surface area contributed by atoms with Gasteiger partial charge in [-0.3, -0.25) is 4.57 Å². The minimum absolute atomic E-state index is 0.603. The molecular weight excluding hydrogens is 367 g/mol. The van der Waals surface area contributed by atoms with Crippen LogP contribution >= 0.6 is 23.2 Å². The first-order chi connectivity index (χ1) is 12.6. The van der Waals surface area contributed by atoms with Gasteiger partial charge in [0.25, 0.3) is 0 Å². The van der Waals surface area contributed by atoms with Crippen LogP contribution in [0.4, 0.5) is 0 Å². The van der Waals surface area contributed by atoms with Gasteiger partial charge in [-0.05, 0) is 56.3 Å². The van der Waals surface area contributed by atoms with Crippen molar-refractivity contribution in [2.45, 2.75) is 19.3 Å². The highest BCUT2D eigenvalue weighted by atomic mass is 35.5. The topological polar surface area (TPSA) is 34.0 Å². The molecule has 0 N–H and O–H groups in total. The maximum absolute atomic E-state index is 6.07. The van der Waals surface area contributed by atoms with E-state index < -0.39 is 0 Å². The Bertz CT molecular complexity index is 833. The molecule has 6 heteroatoms. The Morgan fingerprint density at radius 2 is 1.77 bits per heavy atom. The van der Waals surface area contributed by atoms with Crippen molar-refractivity contribution >= 4 is 23.2 Å². The van der Waals surface area contributed by atoms with E-state index in [4.69, 9.17) is 23.2 Å². The van der Waals surface area contributed by atoms with Crippen LogP contribution in [0.2, 0.25) is 10.0 Å². The lowest BCUT2D eigenvalue weighted by molar-refractivity contribution is 0.332. The second kappa shape index (κ2) is 9.17. The van der Waals surface area contributed by atoms with E-state index in [0.29, 0.717) is 10.0 Å². The molecule has 2 aromatic carbocycles. The lowest BCUT2D eigenvalue weighted by Gasteiger charge is -2.16. The molecule has 1 aromatic heterocycles. The van der Waals surface area contributed by atoms with Gasteiger partial charge in [-0.25, -0.2) is 0 Å². The molecule has 0 aliphatic carbocycles. The Kier molecular flexibility index (Phi) is 6.67. The average Bonchev–Trinajstić information content (AvgIpc) is 3.12. The Balaban J connectivity index is 1.46. The zero-order valence-electron chi connectivity index (χ0n) is 14.8. The molecule has 0 aliphatic heterocycles. The summed E-state index contributed by atoms with van der Waals surface area (Å²) in [5.41, 5.74) is 2.30. The predicted molar refractivity (Wildman–Crippen MR) is 107 cm³/mol. The van der Waals surface area contributed by atoms with Gasteiger partial charge in [-0.2, -0.15) is 0 Å². The van der Waals surface area contributed by atoms with Gasteiger partial charge in [-0.1, -0.05) is 47.5 Å². The van der Waals surface area contributed by atoms with E-state index >= 15 is 0 Å². The first-order valence-corrected chi connectivity index (χ1v) is 9.46. The van der Waals surface area contributed by atoms with Crippen molar-refractivity contribution in [1.29, 1.82) is 0 Å². The molecule has 136 valence electrons. The van der Waals surface area contributed by atoms with Crippen molar-refractivity contribution in [1.82, 2.24) is 19.7 Å². The summed E-state index contributed by atoms with van der Waals surface area (Å²) < 4.78 is 2.05. The minimum atomic E-state index is 0.603. The minimum Gasteiger partial charge on any atom is -0.306 e. The van der Waals surface area contributed by atoms with Crippen LogP contribution in [-0.4, -0.2) is 39.8 Å². The van der Waals surface area contributed by atoms with Gasteiger partial charge < -0.3 is 4.90 Å². The summed E-state index contributed by atoms with van der Waals surface area (Å²) >= 11 is 12.0. The predicted octanol–water partition coefficient (Wildman–Crippen LogP) is 4.68. The lowest BCUT2D eigenvalue weighted by atomic mass is 10.1. The Labute approximate surface area is 164 Å². The second-order valence-corrected chi connectivity index (χ2v) is 7.17. The molecule has 0 amide bonds. The third-order valence-corrected chi connectivity index (χ3v) is 5.10. The number of hydrogen-bond acceptors (Lipinski definition) is 3. The number of benzene rings is 2. The summed E-state index contributed by atoms with van der Waals surface area (Å²) in [6.07, 6.45) is 4.65. The van der Waals surface area contributed by atoms with Crippen LogP contribution in [-0.2, 0) is 12.8 Å². The molecule has 26 heavy (non-hydrogen) atoms. The number of halogens is 2. The molecule has 3 aromatic rings. The quantitative estimate of drug-likeness (QED) is 0.561. The normalized spacial score (nSPS) is 11.2. The summed E-state index contributed by atoms with van der Waals surface area (Å²) in [6, 6.07) is 16.0. The first kappa shape index (κ1) is 18.9. The molecule has 0 unspecified atom stereocenters. The largest absolute Gasteiger partial charge is 0.306 e. The number of para-hydroxylation sites is 1. The molecule has 0 bridgehead atoms. The van der Waals surface area contributed by atoms with Crippen LogP contribution in [0.1, 0.15) is 17.8 Å².